The number of thioether (sulfide) groups is 1. The van der Waals surface area contributed by atoms with Gasteiger partial charge in [0.15, 0.2) is 16.7 Å². The van der Waals surface area contributed by atoms with Crippen molar-refractivity contribution in [3.63, 3.8) is 0 Å². The Morgan fingerprint density at radius 2 is 1.97 bits per heavy atom. The highest BCUT2D eigenvalue weighted by Crippen LogP contribution is 2.28. The first kappa shape index (κ1) is 20.3. The van der Waals surface area contributed by atoms with Crippen molar-refractivity contribution in [1.29, 1.82) is 0 Å². The lowest BCUT2D eigenvalue weighted by Crippen LogP contribution is -2.24. The Hall–Kier alpha value is -3.03. The predicted octanol–water partition coefficient (Wildman–Crippen LogP) is 5.04. The standard InChI is InChI=1S/C22H19ClN4O2S/c1-15-9-10-17(23)12-18(15)27-20(13-24-21(28)19-8-5-11-29-19)25-26-22(27)30-14-16-6-3-2-4-7-16/h2-12H,13-14H2,1H3,(H,24,28). The maximum Gasteiger partial charge on any atom is 0.287 e. The van der Waals surface area contributed by atoms with Gasteiger partial charge in [-0.15, -0.1) is 10.2 Å². The minimum atomic E-state index is -0.309. The van der Waals surface area contributed by atoms with E-state index in [0.29, 0.717) is 10.8 Å². The molecule has 8 heteroatoms. The van der Waals surface area contributed by atoms with Crippen LogP contribution in [0.4, 0.5) is 0 Å². The zero-order valence-electron chi connectivity index (χ0n) is 16.2. The molecule has 0 atom stereocenters. The van der Waals surface area contributed by atoms with Gasteiger partial charge >= 0.3 is 0 Å². The number of aryl methyl sites for hydroxylation is 1. The molecule has 2 heterocycles. The van der Waals surface area contributed by atoms with Crippen molar-refractivity contribution in [1.82, 2.24) is 20.1 Å². The number of carbonyl (C=O) groups is 1. The average molecular weight is 439 g/mol. The highest BCUT2D eigenvalue weighted by Gasteiger charge is 2.18. The third kappa shape index (κ3) is 4.58. The van der Waals surface area contributed by atoms with E-state index in [-0.39, 0.29) is 18.2 Å². The molecule has 2 aromatic carbocycles. The number of halogens is 1. The summed E-state index contributed by atoms with van der Waals surface area (Å²) in [6.45, 7) is 2.20. The van der Waals surface area contributed by atoms with E-state index in [1.165, 1.54) is 11.8 Å². The summed E-state index contributed by atoms with van der Waals surface area (Å²) in [6.07, 6.45) is 1.46. The number of hydrogen-bond donors (Lipinski definition) is 1. The summed E-state index contributed by atoms with van der Waals surface area (Å²) >= 11 is 7.84. The predicted molar refractivity (Wildman–Crippen MR) is 117 cm³/mol. The van der Waals surface area contributed by atoms with E-state index in [0.717, 1.165) is 22.2 Å². The molecule has 4 aromatic rings. The van der Waals surface area contributed by atoms with E-state index >= 15 is 0 Å². The van der Waals surface area contributed by atoms with Crippen LogP contribution in [0.2, 0.25) is 5.02 Å². The topological polar surface area (TPSA) is 73.0 Å². The minimum absolute atomic E-state index is 0.199. The SMILES string of the molecule is Cc1ccc(Cl)cc1-n1c(CNC(=O)c2ccco2)nnc1SCc1ccccc1. The Balaban J connectivity index is 1.63. The van der Waals surface area contributed by atoms with Gasteiger partial charge in [-0.3, -0.25) is 9.36 Å². The summed E-state index contributed by atoms with van der Waals surface area (Å²) < 4.78 is 7.09. The van der Waals surface area contributed by atoms with Crippen molar-refractivity contribution in [3.8, 4) is 5.69 Å². The maximum atomic E-state index is 12.3. The smallest absolute Gasteiger partial charge is 0.287 e. The average Bonchev–Trinajstić information content (AvgIpc) is 3.43. The van der Waals surface area contributed by atoms with Crippen molar-refractivity contribution >= 4 is 29.3 Å². The molecule has 0 fully saturated rings. The van der Waals surface area contributed by atoms with E-state index < -0.39 is 0 Å². The highest BCUT2D eigenvalue weighted by atomic mass is 35.5. The molecule has 1 N–H and O–H groups in total. The van der Waals surface area contributed by atoms with Gasteiger partial charge in [0.05, 0.1) is 18.5 Å². The number of amides is 1. The normalized spacial score (nSPS) is 10.9. The Morgan fingerprint density at radius 3 is 2.73 bits per heavy atom. The number of nitrogens with one attached hydrogen (secondary N) is 1. The molecule has 0 radical (unpaired) electrons. The summed E-state index contributed by atoms with van der Waals surface area (Å²) in [6, 6.07) is 19.1. The molecule has 0 unspecified atom stereocenters. The molecule has 0 aliphatic carbocycles. The second-order valence-corrected chi connectivity index (χ2v) is 7.98. The summed E-state index contributed by atoms with van der Waals surface area (Å²) in [5.41, 5.74) is 3.09. The molecule has 0 saturated heterocycles. The third-order valence-corrected chi connectivity index (χ3v) is 5.71. The van der Waals surface area contributed by atoms with Crippen LogP contribution in [0.3, 0.4) is 0 Å². The van der Waals surface area contributed by atoms with Gasteiger partial charge in [-0.25, -0.2) is 0 Å². The lowest BCUT2D eigenvalue weighted by atomic mass is 10.2. The molecule has 4 rings (SSSR count). The Kier molecular flexibility index (Phi) is 6.21. The van der Waals surface area contributed by atoms with Gasteiger partial charge in [-0.2, -0.15) is 0 Å². The first-order valence-corrected chi connectivity index (χ1v) is 10.7. The molecule has 0 aliphatic heterocycles. The number of carbonyl (C=O) groups excluding carboxylic acids is 1. The fraction of sp³-hybridized carbons (Fsp3) is 0.136. The van der Waals surface area contributed by atoms with Gasteiger partial charge in [0.1, 0.15) is 0 Å². The van der Waals surface area contributed by atoms with Gasteiger partial charge in [-0.05, 0) is 42.3 Å². The summed E-state index contributed by atoms with van der Waals surface area (Å²) in [7, 11) is 0. The van der Waals surface area contributed by atoms with Gasteiger partial charge in [0.25, 0.3) is 5.91 Å². The monoisotopic (exact) mass is 438 g/mol. The van der Waals surface area contributed by atoms with E-state index in [2.05, 4.69) is 27.6 Å². The highest BCUT2D eigenvalue weighted by molar-refractivity contribution is 7.98. The number of aromatic nitrogens is 3. The van der Waals surface area contributed by atoms with Crippen LogP contribution < -0.4 is 5.32 Å². The molecule has 2 aromatic heterocycles. The van der Waals surface area contributed by atoms with Crippen LogP contribution in [0.15, 0.2) is 76.5 Å². The molecule has 1 amide bonds. The Labute approximate surface area is 183 Å². The minimum Gasteiger partial charge on any atom is -0.459 e. The summed E-state index contributed by atoms with van der Waals surface area (Å²) in [5, 5.41) is 12.9. The summed E-state index contributed by atoms with van der Waals surface area (Å²) in [5.74, 6) is 1.29. The number of nitrogens with zero attached hydrogens (tertiary/aromatic N) is 3. The molecule has 6 nitrogen and oxygen atoms in total. The molecule has 152 valence electrons. The van der Waals surface area contributed by atoms with Crippen molar-refractivity contribution in [3.05, 3.63) is 94.7 Å². The fourth-order valence-corrected chi connectivity index (χ4v) is 4.04. The van der Waals surface area contributed by atoms with E-state index in [1.807, 2.05) is 47.9 Å². The van der Waals surface area contributed by atoms with Gasteiger partial charge < -0.3 is 9.73 Å². The van der Waals surface area contributed by atoms with E-state index in [4.69, 9.17) is 16.0 Å². The van der Waals surface area contributed by atoms with Crippen LogP contribution in [0.25, 0.3) is 5.69 Å². The van der Waals surface area contributed by atoms with Gasteiger partial charge in [0.2, 0.25) is 0 Å². The van der Waals surface area contributed by atoms with E-state index in [1.54, 1.807) is 23.9 Å². The van der Waals surface area contributed by atoms with Crippen LogP contribution in [0.5, 0.6) is 0 Å². The zero-order chi connectivity index (χ0) is 20.9. The van der Waals surface area contributed by atoms with Crippen LogP contribution >= 0.6 is 23.4 Å². The maximum absolute atomic E-state index is 12.3. The number of furan rings is 1. The van der Waals surface area contributed by atoms with Crippen molar-refractivity contribution in [2.75, 3.05) is 0 Å². The van der Waals surface area contributed by atoms with Crippen molar-refractivity contribution in [2.45, 2.75) is 24.4 Å². The second kappa shape index (κ2) is 9.19. The first-order chi connectivity index (χ1) is 14.6. The van der Waals surface area contributed by atoms with Crippen molar-refractivity contribution < 1.29 is 9.21 Å². The lowest BCUT2D eigenvalue weighted by Gasteiger charge is -2.13. The molecular formula is C22H19ClN4O2S. The Morgan fingerprint density at radius 1 is 1.13 bits per heavy atom. The van der Waals surface area contributed by atoms with Crippen molar-refractivity contribution in [2.24, 2.45) is 0 Å². The van der Waals surface area contributed by atoms with Gasteiger partial charge in [-0.1, -0.05) is 59.8 Å². The number of hydrogen-bond acceptors (Lipinski definition) is 5. The molecule has 0 saturated carbocycles. The molecule has 0 bridgehead atoms. The third-order valence-electron chi connectivity index (χ3n) is 4.48. The molecule has 30 heavy (non-hydrogen) atoms. The second-order valence-electron chi connectivity index (χ2n) is 6.60. The molecular weight excluding hydrogens is 420 g/mol. The largest absolute Gasteiger partial charge is 0.459 e. The number of rotatable bonds is 7. The van der Waals surface area contributed by atoms with Crippen LogP contribution in [0.1, 0.15) is 27.5 Å². The number of benzene rings is 2. The first-order valence-electron chi connectivity index (χ1n) is 9.31. The van der Waals surface area contributed by atoms with E-state index in [9.17, 15) is 4.79 Å². The molecule has 0 spiro atoms. The van der Waals surface area contributed by atoms with Gasteiger partial charge in [0, 0.05) is 10.8 Å². The zero-order valence-corrected chi connectivity index (χ0v) is 17.8. The fourth-order valence-electron chi connectivity index (χ4n) is 2.95. The van der Waals surface area contributed by atoms with Crippen LogP contribution in [-0.4, -0.2) is 20.7 Å². The van der Waals surface area contributed by atoms with Crippen LogP contribution in [0, 0.1) is 6.92 Å². The Bertz CT molecular complexity index is 1140. The quantitative estimate of drug-likeness (QED) is 0.409. The van der Waals surface area contributed by atoms with Crippen LogP contribution in [-0.2, 0) is 12.3 Å². The molecule has 0 aliphatic rings. The summed E-state index contributed by atoms with van der Waals surface area (Å²) in [4.78, 5) is 12.3. The lowest BCUT2D eigenvalue weighted by molar-refractivity contribution is 0.0922.